The Hall–Kier alpha value is -2.31. The fourth-order valence-corrected chi connectivity index (χ4v) is 0.983. The lowest BCUT2D eigenvalue weighted by atomic mass is 10.5. The van der Waals surface area contributed by atoms with Crippen LogP contribution in [0.3, 0.4) is 0 Å². The summed E-state index contributed by atoms with van der Waals surface area (Å²) in [6.07, 6.45) is 1.55. The number of rotatable bonds is 3. The molecule has 78 valence electrons. The zero-order valence-electron chi connectivity index (χ0n) is 7.75. The summed E-state index contributed by atoms with van der Waals surface area (Å²) in [4.78, 5) is 11.1. The molecule has 0 aromatic carbocycles. The Morgan fingerprint density at radius 3 is 2.53 bits per heavy atom. The normalized spacial score (nSPS) is 10.1. The van der Waals surface area contributed by atoms with E-state index >= 15 is 0 Å². The van der Waals surface area contributed by atoms with E-state index in [9.17, 15) is 0 Å². The van der Waals surface area contributed by atoms with Crippen molar-refractivity contribution < 1.29 is 9.15 Å². The Labute approximate surface area is 85.1 Å². The molecule has 2 aromatic heterocycles. The number of anilines is 2. The van der Waals surface area contributed by atoms with Crippen molar-refractivity contribution >= 4 is 11.9 Å². The van der Waals surface area contributed by atoms with Gasteiger partial charge in [-0.2, -0.15) is 15.0 Å². The summed E-state index contributed by atoms with van der Waals surface area (Å²) in [7, 11) is 0. The molecule has 15 heavy (non-hydrogen) atoms. The van der Waals surface area contributed by atoms with Crippen molar-refractivity contribution in [1.82, 2.24) is 15.0 Å². The molecule has 4 N–H and O–H groups in total. The van der Waals surface area contributed by atoms with Gasteiger partial charge < -0.3 is 20.6 Å². The second-order valence-corrected chi connectivity index (χ2v) is 2.70. The minimum atomic E-state index is 0.0249. The van der Waals surface area contributed by atoms with Crippen LogP contribution in [0.1, 0.15) is 5.76 Å². The molecule has 0 aliphatic rings. The first kappa shape index (κ1) is 9.25. The maximum atomic E-state index is 5.36. The van der Waals surface area contributed by atoms with Crippen molar-refractivity contribution in [3.8, 4) is 6.01 Å². The highest BCUT2D eigenvalue weighted by molar-refractivity contribution is 5.27. The fourth-order valence-electron chi connectivity index (χ4n) is 0.983. The molecule has 0 bridgehead atoms. The number of furan rings is 1. The SMILES string of the molecule is Nc1nc(N)nc(OCc2ccco2)n1. The summed E-state index contributed by atoms with van der Waals surface area (Å²) < 4.78 is 10.3. The van der Waals surface area contributed by atoms with Gasteiger partial charge in [0.2, 0.25) is 11.9 Å². The highest BCUT2D eigenvalue weighted by Gasteiger charge is 2.04. The van der Waals surface area contributed by atoms with Crippen LogP contribution in [0, 0.1) is 0 Å². The van der Waals surface area contributed by atoms with E-state index < -0.39 is 0 Å². The molecule has 7 heteroatoms. The number of aromatic nitrogens is 3. The van der Waals surface area contributed by atoms with Gasteiger partial charge >= 0.3 is 6.01 Å². The molecule has 0 fully saturated rings. The molecule has 0 aliphatic heterocycles. The van der Waals surface area contributed by atoms with Gasteiger partial charge in [0.15, 0.2) is 0 Å². The number of nitrogen functional groups attached to an aromatic ring is 2. The largest absolute Gasteiger partial charge is 0.466 e. The minimum absolute atomic E-state index is 0.0249. The Morgan fingerprint density at radius 2 is 1.93 bits per heavy atom. The topological polar surface area (TPSA) is 113 Å². The predicted molar refractivity (Wildman–Crippen MR) is 51.7 cm³/mol. The number of nitrogens with zero attached hydrogens (tertiary/aromatic N) is 3. The van der Waals surface area contributed by atoms with Crippen molar-refractivity contribution in [2.24, 2.45) is 0 Å². The van der Waals surface area contributed by atoms with E-state index in [-0.39, 0.29) is 24.5 Å². The third kappa shape index (κ3) is 2.33. The van der Waals surface area contributed by atoms with Crippen LogP contribution in [0.5, 0.6) is 6.01 Å². The van der Waals surface area contributed by atoms with E-state index in [4.69, 9.17) is 20.6 Å². The average Bonchev–Trinajstić information content (AvgIpc) is 2.65. The third-order valence-corrected chi connectivity index (χ3v) is 1.57. The van der Waals surface area contributed by atoms with E-state index in [2.05, 4.69) is 15.0 Å². The van der Waals surface area contributed by atoms with Gasteiger partial charge in [-0.3, -0.25) is 0 Å². The molecular formula is C8H9N5O2. The molecule has 0 aliphatic carbocycles. The van der Waals surface area contributed by atoms with Gasteiger partial charge in [0.1, 0.15) is 12.4 Å². The second-order valence-electron chi connectivity index (χ2n) is 2.70. The van der Waals surface area contributed by atoms with Crippen LogP contribution in [0.25, 0.3) is 0 Å². The lowest BCUT2D eigenvalue weighted by molar-refractivity contribution is 0.250. The first-order valence-corrected chi connectivity index (χ1v) is 4.16. The van der Waals surface area contributed by atoms with Gasteiger partial charge in [0.05, 0.1) is 6.26 Å². The first-order chi connectivity index (χ1) is 7.24. The minimum Gasteiger partial charge on any atom is -0.466 e. The molecule has 0 unspecified atom stereocenters. The molecular weight excluding hydrogens is 198 g/mol. The summed E-state index contributed by atoms with van der Waals surface area (Å²) >= 11 is 0. The van der Waals surface area contributed by atoms with Crippen LogP contribution in [-0.4, -0.2) is 15.0 Å². The van der Waals surface area contributed by atoms with Crippen molar-refractivity contribution in [3.63, 3.8) is 0 Å². The second kappa shape index (κ2) is 3.82. The summed E-state index contributed by atoms with van der Waals surface area (Å²) in [6, 6.07) is 3.61. The van der Waals surface area contributed by atoms with Crippen LogP contribution in [-0.2, 0) is 6.61 Å². The molecule has 0 radical (unpaired) electrons. The number of nitrogens with two attached hydrogens (primary N) is 2. The van der Waals surface area contributed by atoms with Crippen molar-refractivity contribution in [2.75, 3.05) is 11.5 Å². The number of hydrogen-bond acceptors (Lipinski definition) is 7. The Morgan fingerprint density at radius 1 is 1.20 bits per heavy atom. The van der Waals surface area contributed by atoms with Gasteiger partial charge in [-0.25, -0.2) is 0 Å². The Balaban J connectivity index is 2.05. The molecule has 0 atom stereocenters. The maximum Gasteiger partial charge on any atom is 0.323 e. The Kier molecular flexibility index (Phi) is 2.36. The van der Waals surface area contributed by atoms with E-state index in [1.807, 2.05) is 0 Å². The zero-order chi connectivity index (χ0) is 10.7. The predicted octanol–water partition coefficient (Wildman–Crippen LogP) is 0.208. The third-order valence-electron chi connectivity index (χ3n) is 1.57. The molecule has 2 rings (SSSR count). The molecule has 0 saturated carbocycles. The quantitative estimate of drug-likeness (QED) is 0.739. The molecule has 0 spiro atoms. The highest BCUT2D eigenvalue weighted by atomic mass is 16.5. The van der Waals surface area contributed by atoms with E-state index in [1.165, 1.54) is 0 Å². The van der Waals surface area contributed by atoms with Crippen LogP contribution in [0.4, 0.5) is 11.9 Å². The molecule has 2 aromatic rings. The smallest absolute Gasteiger partial charge is 0.323 e. The van der Waals surface area contributed by atoms with Crippen molar-refractivity contribution in [3.05, 3.63) is 24.2 Å². The lowest BCUT2D eigenvalue weighted by Gasteiger charge is -2.02. The summed E-state index contributed by atoms with van der Waals surface area (Å²) in [6.45, 7) is 0.218. The van der Waals surface area contributed by atoms with Gasteiger partial charge in [0.25, 0.3) is 0 Å². The zero-order valence-corrected chi connectivity index (χ0v) is 7.75. The molecule has 0 saturated heterocycles. The fraction of sp³-hybridized carbons (Fsp3) is 0.125. The van der Waals surface area contributed by atoms with Gasteiger partial charge in [-0.15, -0.1) is 0 Å². The van der Waals surface area contributed by atoms with E-state index in [0.29, 0.717) is 5.76 Å². The van der Waals surface area contributed by atoms with Gasteiger partial charge in [-0.1, -0.05) is 0 Å². The maximum absolute atomic E-state index is 5.36. The lowest BCUT2D eigenvalue weighted by Crippen LogP contribution is -2.06. The van der Waals surface area contributed by atoms with Crippen molar-refractivity contribution in [1.29, 1.82) is 0 Å². The molecule has 7 nitrogen and oxygen atoms in total. The monoisotopic (exact) mass is 207 g/mol. The van der Waals surface area contributed by atoms with Crippen molar-refractivity contribution in [2.45, 2.75) is 6.61 Å². The van der Waals surface area contributed by atoms with Gasteiger partial charge in [-0.05, 0) is 12.1 Å². The van der Waals surface area contributed by atoms with E-state index in [1.54, 1.807) is 18.4 Å². The number of ether oxygens (including phenoxy) is 1. The van der Waals surface area contributed by atoms with E-state index in [0.717, 1.165) is 0 Å². The van der Waals surface area contributed by atoms with Crippen LogP contribution < -0.4 is 16.2 Å². The summed E-state index contributed by atoms with van der Waals surface area (Å²) in [5.74, 6) is 0.710. The number of hydrogen-bond donors (Lipinski definition) is 2. The highest BCUT2D eigenvalue weighted by Crippen LogP contribution is 2.09. The Bertz CT molecular complexity index is 422. The van der Waals surface area contributed by atoms with Gasteiger partial charge in [0, 0.05) is 0 Å². The van der Waals surface area contributed by atoms with Crippen LogP contribution in [0.15, 0.2) is 22.8 Å². The van der Waals surface area contributed by atoms with Crippen LogP contribution >= 0.6 is 0 Å². The molecule has 2 heterocycles. The average molecular weight is 207 g/mol. The summed E-state index contributed by atoms with van der Waals surface area (Å²) in [5.41, 5.74) is 10.7. The standard InChI is InChI=1S/C8H9N5O2/c9-6-11-7(10)13-8(12-6)15-4-5-2-1-3-14-5/h1-3H,4H2,(H4,9,10,11,12,13). The summed E-state index contributed by atoms with van der Waals surface area (Å²) in [5, 5.41) is 0. The van der Waals surface area contributed by atoms with Crippen LogP contribution in [0.2, 0.25) is 0 Å². The first-order valence-electron chi connectivity index (χ1n) is 4.16. The molecule has 0 amide bonds.